The van der Waals surface area contributed by atoms with Crippen molar-refractivity contribution in [3.8, 4) is 5.75 Å². The first kappa shape index (κ1) is 13.1. The highest BCUT2D eigenvalue weighted by atomic mass is 16.5. The second-order valence-electron chi connectivity index (χ2n) is 3.92. The molecule has 1 heterocycles. The predicted octanol–water partition coefficient (Wildman–Crippen LogP) is 2.58. The molecule has 0 saturated heterocycles. The molecule has 2 aromatic rings. The van der Waals surface area contributed by atoms with Crippen LogP contribution in [0.25, 0.3) is 11.0 Å². The molecule has 1 aromatic carbocycles. The van der Waals surface area contributed by atoms with Crippen molar-refractivity contribution >= 4 is 22.7 Å². The van der Waals surface area contributed by atoms with Crippen LogP contribution in [-0.2, 0) is 9.53 Å². The lowest BCUT2D eigenvalue weighted by molar-refractivity contribution is -0.142. The standard InChI is InChI=1S/C14H14O5/c1-3-18-14(16)8-11(15)13-7-9-6-10(17-2)4-5-12(9)19-13/h4-7H,3,8H2,1-2H3. The summed E-state index contributed by atoms with van der Waals surface area (Å²) in [5, 5.41) is 0.756. The highest BCUT2D eigenvalue weighted by Crippen LogP contribution is 2.24. The molecule has 100 valence electrons. The van der Waals surface area contributed by atoms with E-state index in [-0.39, 0.29) is 18.8 Å². The molecule has 0 radical (unpaired) electrons. The Labute approximate surface area is 110 Å². The number of Topliss-reactive ketones (excluding diaryl/α,β-unsaturated/α-hetero) is 1. The zero-order valence-electron chi connectivity index (χ0n) is 10.8. The molecule has 0 spiro atoms. The van der Waals surface area contributed by atoms with Gasteiger partial charge in [0.2, 0.25) is 5.78 Å². The summed E-state index contributed by atoms with van der Waals surface area (Å²) >= 11 is 0. The van der Waals surface area contributed by atoms with Crippen LogP contribution in [-0.4, -0.2) is 25.5 Å². The van der Waals surface area contributed by atoms with Gasteiger partial charge in [-0.05, 0) is 31.2 Å². The number of esters is 1. The Bertz CT molecular complexity index is 611. The van der Waals surface area contributed by atoms with E-state index in [0.717, 1.165) is 5.39 Å². The Morgan fingerprint density at radius 2 is 2.05 bits per heavy atom. The Morgan fingerprint density at radius 3 is 2.74 bits per heavy atom. The SMILES string of the molecule is CCOC(=O)CC(=O)c1cc2cc(OC)ccc2o1. The van der Waals surface area contributed by atoms with Gasteiger partial charge in [0.1, 0.15) is 17.8 Å². The molecule has 2 rings (SSSR count). The third-order valence-electron chi connectivity index (χ3n) is 2.61. The molecule has 0 fully saturated rings. The third kappa shape index (κ3) is 2.93. The number of ether oxygens (including phenoxy) is 2. The van der Waals surface area contributed by atoms with Gasteiger partial charge in [-0.1, -0.05) is 0 Å². The number of fused-ring (bicyclic) bond motifs is 1. The lowest BCUT2D eigenvalue weighted by atomic mass is 10.2. The van der Waals surface area contributed by atoms with Crippen molar-refractivity contribution in [1.82, 2.24) is 0 Å². The molecule has 5 nitrogen and oxygen atoms in total. The van der Waals surface area contributed by atoms with E-state index in [1.165, 1.54) is 0 Å². The number of hydrogen-bond acceptors (Lipinski definition) is 5. The van der Waals surface area contributed by atoms with Gasteiger partial charge in [0, 0.05) is 5.39 Å². The van der Waals surface area contributed by atoms with E-state index >= 15 is 0 Å². The van der Waals surface area contributed by atoms with E-state index in [4.69, 9.17) is 13.9 Å². The first-order chi connectivity index (χ1) is 9.13. The molecule has 0 atom stereocenters. The molecular formula is C14H14O5. The van der Waals surface area contributed by atoms with E-state index in [1.54, 1.807) is 38.3 Å². The van der Waals surface area contributed by atoms with Crippen LogP contribution in [0.15, 0.2) is 28.7 Å². The average molecular weight is 262 g/mol. The number of carbonyl (C=O) groups excluding carboxylic acids is 2. The molecular weight excluding hydrogens is 248 g/mol. The summed E-state index contributed by atoms with van der Waals surface area (Å²) < 4.78 is 15.2. The summed E-state index contributed by atoms with van der Waals surface area (Å²) in [4.78, 5) is 23.1. The minimum absolute atomic E-state index is 0.149. The Balaban J connectivity index is 2.21. The Hall–Kier alpha value is -2.30. The number of ketones is 1. The predicted molar refractivity (Wildman–Crippen MR) is 68.3 cm³/mol. The summed E-state index contributed by atoms with van der Waals surface area (Å²) in [7, 11) is 1.56. The number of furan rings is 1. The topological polar surface area (TPSA) is 65.7 Å². The second kappa shape index (κ2) is 5.56. The van der Waals surface area contributed by atoms with E-state index < -0.39 is 11.8 Å². The minimum Gasteiger partial charge on any atom is -0.497 e. The van der Waals surface area contributed by atoms with Gasteiger partial charge >= 0.3 is 5.97 Å². The molecule has 0 aliphatic rings. The third-order valence-corrected chi connectivity index (χ3v) is 2.61. The van der Waals surface area contributed by atoms with Crippen LogP contribution in [0.5, 0.6) is 5.75 Å². The number of carbonyl (C=O) groups is 2. The maximum absolute atomic E-state index is 11.8. The van der Waals surface area contributed by atoms with Gasteiger partial charge in [0.05, 0.1) is 13.7 Å². The molecule has 0 saturated carbocycles. The highest BCUT2D eigenvalue weighted by Gasteiger charge is 2.17. The van der Waals surface area contributed by atoms with Gasteiger partial charge in [-0.15, -0.1) is 0 Å². The second-order valence-corrected chi connectivity index (χ2v) is 3.92. The van der Waals surface area contributed by atoms with Crippen LogP contribution >= 0.6 is 0 Å². The highest BCUT2D eigenvalue weighted by molar-refractivity contribution is 6.06. The monoisotopic (exact) mass is 262 g/mol. The molecule has 5 heteroatoms. The van der Waals surface area contributed by atoms with Crippen molar-refractivity contribution in [3.05, 3.63) is 30.0 Å². The van der Waals surface area contributed by atoms with Gasteiger partial charge in [0.15, 0.2) is 5.76 Å². The smallest absolute Gasteiger partial charge is 0.313 e. The fourth-order valence-electron chi connectivity index (χ4n) is 1.72. The maximum Gasteiger partial charge on any atom is 0.313 e. The zero-order chi connectivity index (χ0) is 13.8. The van der Waals surface area contributed by atoms with Crippen molar-refractivity contribution in [2.75, 3.05) is 13.7 Å². The van der Waals surface area contributed by atoms with Crippen molar-refractivity contribution in [3.63, 3.8) is 0 Å². The van der Waals surface area contributed by atoms with Crippen LogP contribution in [0.2, 0.25) is 0 Å². The van der Waals surface area contributed by atoms with Crippen molar-refractivity contribution < 1.29 is 23.5 Å². The molecule has 0 bridgehead atoms. The zero-order valence-corrected chi connectivity index (χ0v) is 10.8. The summed E-state index contributed by atoms with van der Waals surface area (Å²) in [5.74, 6) is -0.117. The summed E-state index contributed by atoms with van der Waals surface area (Å²) in [5.41, 5.74) is 0.577. The fourth-order valence-corrected chi connectivity index (χ4v) is 1.72. The maximum atomic E-state index is 11.8. The van der Waals surface area contributed by atoms with Crippen LogP contribution in [0.4, 0.5) is 0 Å². The van der Waals surface area contributed by atoms with Gasteiger partial charge < -0.3 is 13.9 Å². The molecule has 19 heavy (non-hydrogen) atoms. The molecule has 1 aromatic heterocycles. The molecule has 0 unspecified atom stereocenters. The van der Waals surface area contributed by atoms with Gasteiger partial charge in [-0.2, -0.15) is 0 Å². The van der Waals surface area contributed by atoms with Crippen molar-refractivity contribution in [1.29, 1.82) is 0 Å². The van der Waals surface area contributed by atoms with Crippen molar-refractivity contribution in [2.45, 2.75) is 13.3 Å². The number of hydrogen-bond donors (Lipinski definition) is 0. The molecule has 0 aliphatic carbocycles. The normalized spacial score (nSPS) is 10.4. The van der Waals surface area contributed by atoms with Crippen molar-refractivity contribution in [2.24, 2.45) is 0 Å². The Kier molecular flexibility index (Phi) is 3.85. The summed E-state index contributed by atoms with van der Waals surface area (Å²) in [6.45, 7) is 1.94. The average Bonchev–Trinajstić information content (AvgIpc) is 2.81. The van der Waals surface area contributed by atoms with Crippen LogP contribution in [0, 0.1) is 0 Å². The first-order valence-corrected chi connectivity index (χ1v) is 5.90. The van der Waals surface area contributed by atoms with Crippen LogP contribution < -0.4 is 4.74 Å². The summed E-state index contributed by atoms with van der Waals surface area (Å²) in [6.07, 6.45) is -0.315. The van der Waals surface area contributed by atoms with Gasteiger partial charge in [-0.3, -0.25) is 9.59 Å². The van der Waals surface area contributed by atoms with Gasteiger partial charge in [0.25, 0.3) is 0 Å². The molecule has 0 amide bonds. The fraction of sp³-hybridized carbons (Fsp3) is 0.286. The van der Waals surface area contributed by atoms with E-state index in [1.807, 2.05) is 0 Å². The lowest BCUT2D eigenvalue weighted by Crippen LogP contribution is -2.10. The number of benzene rings is 1. The van der Waals surface area contributed by atoms with E-state index in [0.29, 0.717) is 11.3 Å². The van der Waals surface area contributed by atoms with E-state index in [2.05, 4.69) is 0 Å². The van der Waals surface area contributed by atoms with Crippen LogP contribution in [0.3, 0.4) is 0 Å². The quantitative estimate of drug-likeness (QED) is 0.470. The van der Waals surface area contributed by atoms with E-state index in [9.17, 15) is 9.59 Å². The minimum atomic E-state index is -0.550. The van der Waals surface area contributed by atoms with Crippen LogP contribution in [0.1, 0.15) is 23.9 Å². The number of rotatable bonds is 5. The lowest BCUT2D eigenvalue weighted by Gasteiger charge is -1.98. The summed E-state index contributed by atoms with van der Waals surface area (Å²) in [6, 6.07) is 6.82. The largest absolute Gasteiger partial charge is 0.497 e. The number of methoxy groups -OCH3 is 1. The van der Waals surface area contributed by atoms with Gasteiger partial charge in [-0.25, -0.2) is 0 Å². The Morgan fingerprint density at radius 1 is 1.26 bits per heavy atom. The molecule has 0 aliphatic heterocycles. The first-order valence-electron chi connectivity index (χ1n) is 5.90. The molecule has 0 N–H and O–H groups in total.